The minimum Gasteiger partial charge on any atom is -0.453 e. The molecule has 0 aromatic carbocycles. The maximum absolute atomic E-state index is 5.86. The Kier molecular flexibility index (Phi) is 5.24. The molecule has 2 N–H and O–H groups in total. The fraction of sp³-hybridized carbons (Fsp3) is 0.692. The highest BCUT2D eigenvalue weighted by molar-refractivity contribution is 9.10. The minimum absolute atomic E-state index is 0.113. The zero-order valence-corrected chi connectivity index (χ0v) is 12.4. The molecule has 2 heterocycles. The van der Waals surface area contributed by atoms with Crippen LogP contribution in [0.15, 0.2) is 21.2 Å². The van der Waals surface area contributed by atoms with Gasteiger partial charge in [0, 0.05) is 19.7 Å². The Morgan fingerprint density at radius 2 is 2.33 bits per heavy atom. The maximum atomic E-state index is 5.86. The summed E-state index contributed by atoms with van der Waals surface area (Å²) in [5.41, 5.74) is 5.86. The van der Waals surface area contributed by atoms with E-state index in [1.54, 1.807) is 0 Å². The van der Waals surface area contributed by atoms with Crippen LogP contribution < -0.4 is 5.73 Å². The van der Waals surface area contributed by atoms with Crippen molar-refractivity contribution < 1.29 is 9.15 Å². The number of ether oxygens (including phenoxy) is 1. The average molecular weight is 317 g/mol. The first-order chi connectivity index (χ1) is 8.70. The number of nitrogens with two attached hydrogens (primary N) is 1. The van der Waals surface area contributed by atoms with Crippen molar-refractivity contribution in [2.75, 3.05) is 26.7 Å². The molecule has 2 atom stereocenters. The molecule has 18 heavy (non-hydrogen) atoms. The van der Waals surface area contributed by atoms with Crippen molar-refractivity contribution in [3.63, 3.8) is 0 Å². The molecule has 0 bridgehead atoms. The molecule has 102 valence electrons. The second kappa shape index (κ2) is 6.70. The van der Waals surface area contributed by atoms with E-state index in [0.717, 1.165) is 30.0 Å². The molecule has 1 fully saturated rings. The van der Waals surface area contributed by atoms with Gasteiger partial charge in [-0.15, -0.1) is 0 Å². The molecule has 1 aliphatic heterocycles. The van der Waals surface area contributed by atoms with Gasteiger partial charge in [0.05, 0.1) is 12.1 Å². The SMILES string of the molecule is CN(CC1CCCCO1)C(CN)c1ccc(Br)o1. The van der Waals surface area contributed by atoms with Crippen molar-refractivity contribution >= 4 is 15.9 Å². The van der Waals surface area contributed by atoms with Crippen LogP contribution in [0.4, 0.5) is 0 Å². The Bertz CT molecular complexity index is 364. The van der Waals surface area contributed by atoms with Crippen molar-refractivity contribution in [3.05, 3.63) is 22.6 Å². The van der Waals surface area contributed by atoms with Crippen LogP contribution in [0.3, 0.4) is 0 Å². The lowest BCUT2D eigenvalue weighted by Gasteiger charge is -2.31. The van der Waals surface area contributed by atoms with Crippen LogP contribution in [0.5, 0.6) is 0 Å². The second-order valence-corrected chi connectivity index (χ2v) is 5.60. The number of likely N-dealkylation sites (N-methyl/N-ethyl adjacent to an activating group) is 1. The summed E-state index contributed by atoms with van der Waals surface area (Å²) in [5, 5.41) is 0. The second-order valence-electron chi connectivity index (χ2n) is 4.82. The highest BCUT2D eigenvalue weighted by atomic mass is 79.9. The predicted molar refractivity (Wildman–Crippen MR) is 74.4 cm³/mol. The van der Waals surface area contributed by atoms with E-state index in [1.807, 2.05) is 12.1 Å². The van der Waals surface area contributed by atoms with Gasteiger partial charge in [-0.25, -0.2) is 0 Å². The summed E-state index contributed by atoms with van der Waals surface area (Å²) in [6.07, 6.45) is 3.92. The third-order valence-corrected chi connectivity index (χ3v) is 3.87. The summed E-state index contributed by atoms with van der Waals surface area (Å²) < 4.78 is 12.1. The number of halogens is 1. The van der Waals surface area contributed by atoms with Crippen molar-refractivity contribution in [2.24, 2.45) is 5.73 Å². The van der Waals surface area contributed by atoms with Gasteiger partial charge in [0.15, 0.2) is 4.67 Å². The molecule has 1 saturated heterocycles. The predicted octanol–water partition coefficient (Wildman–Crippen LogP) is 2.54. The third kappa shape index (κ3) is 3.57. The molecule has 0 spiro atoms. The molecule has 0 saturated carbocycles. The van der Waals surface area contributed by atoms with Gasteiger partial charge in [-0.05, 0) is 54.4 Å². The first-order valence-corrected chi connectivity index (χ1v) is 7.27. The quantitative estimate of drug-likeness (QED) is 0.907. The maximum Gasteiger partial charge on any atom is 0.169 e. The summed E-state index contributed by atoms with van der Waals surface area (Å²) in [7, 11) is 2.08. The van der Waals surface area contributed by atoms with E-state index in [1.165, 1.54) is 12.8 Å². The molecule has 0 aliphatic carbocycles. The van der Waals surface area contributed by atoms with Gasteiger partial charge in [0.1, 0.15) is 5.76 Å². The van der Waals surface area contributed by atoms with Crippen LogP contribution in [-0.2, 0) is 4.74 Å². The fourth-order valence-electron chi connectivity index (χ4n) is 2.42. The van der Waals surface area contributed by atoms with Crippen molar-refractivity contribution in [1.29, 1.82) is 0 Å². The van der Waals surface area contributed by atoms with Crippen molar-refractivity contribution in [1.82, 2.24) is 4.90 Å². The fourth-order valence-corrected chi connectivity index (χ4v) is 2.74. The zero-order chi connectivity index (χ0) is 13.0. The number of hydrogen-bond acceptors (Lipinski definition) is 4. The highest BCUT2D eigenvalue weighted by Gasteiger charge is 2.23. The number of hydrogen-bond donors (Lipinski definition) is 1. The molecular formula is C13H21BrN2O2. The smallest absolute Gasteiger partial charge is 0.169 e. The zero-order valence-electron chi connectivity index (χ0n) is 10.8. The lowest BCUT2D eigenvalue weighted by Crippen LogP contribution is -2.38. The first-order valence-electron chi connectivity index (χ1n) is 6.48. The van der Waals surface area contributed by atoms with Gasteiger partial charge in [0.25, 0.3) is 0 Å². The van der Waals surface area contributed by atoms with E-state index in [9.17, 15) is 0 Å². The normalized spacial score (nSPS) is 22.3. The van der Waals surface area contributed by atoms with Crippen LogP contribution in [0.25, 0.3) is 0 Å². The van der Waals surface area contributed by atoms with Gasteiger partial charge in [-0.3, -0.25) is 4.90 Å². The Hall–Kier alpha value is -0.360. The number of furan rings is 1. The molecule has 1 aromatic heterocycles. The molecule has 2 unspecified atom stereocenters. The molecule has 0 radical (unpaired) electrons. The molecule has 0 amide bonds. The van der Waals surface area contributed by atoms with Gasteiger partial charge >= 0.3 is 0 Å². The van der Waals surface area contributed by atoms with Gasteiger partial charge in [0.2, 0.25) is 0 Å². The summed E-state index contributed by atoms with van der Waals surface area (Å²) in [6.45, 7) is 2.33. The highest BCUT2D eigenvalue weighted by Crippen LogP contribution is 2.25. The Morgan fingerprint density at radius 1 is 1.50 bits per heavy atom. The van der Waals surface area contributed by atoms with Crippen molar-refractivity contribution in [2.45, 2.75) is 31.4 Å². The molecule has 1 aromatic rings. The number of nitrogens with zero attached hydrogens (tertiary/aromatic N) is 1. The lowest BCUT2D eigenvalue weighted by molar-refractivity contribution is -0.00921. The van der Waals surface area contributed by atoms with Crippen LogP contribution >= 0.6 is 15.9 Å². The molecule has 4 nitrogen and oxygen atoms in total. The third-order valence-electron chi connectivity index (χ3n) is 3.44. The van der Waals surface area contributed by atoms with Crippen LogP contribution in [-0.4, -0.2) is 37.7 Å². The molecule has 1 aliphatic rings. The monoisotopic (exact) mass is 316 g/mol. The summed E-state index contributed by atoms with van der Waals surface area (Å²) in [6, 6.07) is 3.99. The minimum atomic E-state index is 0.113. The van der Waals surface area contributed by atoms with Gasteiger partial charge < -0.3 is 14.9 Å². The Morgan fingerprint density at radius 3 is 2.89 bits per heavy atom. The van der Waals surface area contributed by atoms with E-state index in [0.29, 0.717) is 12.6 Å². The van der Waals surface area contributed by atoms with E-state index >= 15 is 0 Å². The number of rotatable bonds is 5. The summed E-state index contributed by atoms with van der Waals surface area (Å²) in [5.74, 6) is 0.905. The van der Waals surface area contributed by atoms with Crippen LogP contribution in [0, 0.1) is 0 Å². The lowest BCUT2D eigenvalue weighted by atomic mass is 10.1. The Labute approximate surface area is 117 Å². The largest absolute Gasteiger partial charge is 0.453 e. The van der Waals surface area contributed by atoms with E-state index in [4.69, 9.17) is 14.9 Å². The van der Waals surface area contributed by atoms with Crippen LogP contribution in [0.2, 0.25) is 0 Å². The topological polar surface area (TPSA) is 51.6 Å². The first kappa shape index (κ1) is 14.1. The molecular weight excluding hydrogens is 296 g/mol. The molecule has 5 heteroatoms. The van der Waals surface area contributed by atoms with E-state index < -0.39 is 0 Å². The Balaban J connectivity index is 1.94. The standard InChI is InChI=1S/C13H21BrN2O2/c1-16(9-10-4-2-3-7-17-10)11(8-15)12-5-6-13(14)18-12/h5-6,10-11H,2-4,7-9,15H2,1H3. The van der Waals surface area contributed by atoms with Gasteiger partial charge in [-0.1, -0.05) is 0 Å². The van der Waals surface area contributed by atoms with Crippen LogP contribution in [0.1, 0.15) is 31.1 Å². The van der Waals surface area contributed by atoms with Crippen molar-refractivity contribution in [3.8, 4) is 0 Å². The molecule has 2 rings (SSSR count). The van der Waals surface area contributed by atoms with Gasteiger partial charge in [-0.2, -0.15) is 0 Å². The van der Waals surface area contributed by atoms with E-state index in [2.05, 4.69) is 27.9 Å². The summed E-state index contributed by atoms with van der Waals surface area (Å²) in [4.78, 5) is 2.22. The van der Waals surface area contributed by atoms with E-state index in [-0.39, 0.29) is 6.04 Å². The average Bonchev–Trinajstić information content (AvgIpc) is 2.78. The summed E-state index contributed by atoms with van der Waals surface area (Å²) >= 11 is 3.33.